The van der Waals surface area contributed by atoms with E-state index in [0.29, 0.717) is 5.75 Å². The van der Waals surface area contributed by atoms with Gasteiger partial charge in [0.25, 0.3) is 0 Å². The summed E-state index contributed by atoms with van der Waals surface area (Å²) in [6.07, 6.45) is 10.3. The second-order valence-corrected chi connectivity index (χ2v) is 5.61. The molecule has 108 valence electrons. The zero-order valence-electron chi connectivity index (χ0n) is 12.3. The van der Waals surface area contributed by atoms with Crippen molar-refractivity contribution in [2.75, 3.05) is 6.54 Å². The van der Waals surface area contributed by atoms with Crippen LogP contribution in [0.5, 0.6) is 5.75 Å². The van der Waals surface area contributed by atoms with E-state index in [-0.39, 0.29) is 0 Å². The summed E-state index contributed by atoms with van der Waals surface area (Å²) in [4.78, 5) is 4.52. The summed E-state index contributed by atoms with van der Waals surface area (Å²) < 4.78 is 0. The summed E-state index contributed by atoms with van der Waals surface area (Å²) in [6, 6.07) is 11.8. The number of aromatic hydroxyl groups is 1. The molecule has 2 aromatic carbocycles. The van der Waals surface area contributed by atoms with Gasteiger partial charge in [0.05, 0.1) is 0 Å². The van der Waals surface area contributed by atoms with Crippen molar-refractivity contribution in [2.24, 2.45) is 4.99 Å². The number of fused-ring (bicyclic) bond motifs is 1. The number of phenols is 1. The number of phenolic OH excluding ortho intramolecular Hbond substituents is 1. The molecule has 0 aromatic heterocycles. The monoisotopic (exact) mass is 279 g/mol. The lowest BCUT2D eigenvalue weighted by Crippen LogP contribution is -1.94. The van der Waals surface area contributed by atoms with Gasteiger partial charge >= 0.3 is 0 Å². The molecule has 0 amide bonds. The van der Waals surface area contributed by atoms with Crippen molar-refractivity contribution >= 4 is 17.0 Å². The Balaban J connectivity index is 1.73. The van der Waals surface area contributed by atoms with E-state index < -0.39 is 0 Å². The topological polar surface area (TPSA) is 32.6 Å². The quantitative estimate of drug-likeness (QED) is 0.629. The fourth-order valence-corrected chi connectivity index (χ4v) is 2.92. The minimum atomic E-state index is 0.300. The maximum Gasteiger partial charge on any atom is 0.124 e. The van der Waals surface area contributed by atoms with Crippen LogP contribution in [0.25, 0.3) is 10.8 Å². The van der Waals surface area contributed by atoms with Crippen LogP contribution in [-0.4, -0.2) is 17.9 Å². The van der Waals surface area contributed by atoms with Gasteiger partial charge in [-0.2, -0.15) is 0 Å². The molecule has 0 radical (unpaired) electrons. The molecule has 0 bridgehead atoms. The number of benzene rings is 2. The second-order valence-electron chi connectivity index (χ2n) is 5.61. The van der Waals surface area contributed by atoms with Crippen LogP contribution in [0.2, 0.25) is 0 Å². The highest BCUT2D eigenvalue weighted by molar-refractivity contribution is 6.02. The van der Waals surface area contributed by atoms with Crippen LogP contribution in [0.3, 0.4) is 0 Å². The molecule has 3 rings (SSSR count). The lowest BCUT2D eigenvalue weighted by atomic mass is 9.97. The second kappa shape index (κ2) is 6.57. The molecule has 1 aliphatic rings. The van der Waals surface area contributed by atoms with E-state index in [0.717, 1.165) is 29.3 Å². The molecule has 2 heteroatoms. The van der Waals surface area contributed by atoms with Gasteiger partial charge in [-0.1, -0.05) is 42.0 Å². The number of hydrogen-bond acceptors (Lipinski definition) is 2. The molecular formula is C19H21NO. The van der Waals surface area contributed by atoms with Gasteiger partial charge in [0, 0.05) is 18.3 Å². The van der Waals surface area contributed by atoms with Gasteiger partial charge in [-0.15, -0.1) is 0 Å². The first-order valence-corrected chi connectivity index (χ1v) is 7.73. The van der Waals surface area contributed by atoms with Crippen molar-refractivity contribution in [2.45, 2.75) is 32.1 Å². The van der Waals surface area contributed by atoms with E-state index >= 15 is 0 Å². The lowest BCUT2D eigenvalue weighted by Gasteiger charge is -2.11. The Labute approximate surface area is 125 Å². The number of hydrogen-bond donors (Lipinski definition) is 1. The van der Waals surface area contributed by atoms with Crippen molar-refractivity contribution in [3.05, 3.63) is 53.6 Å². The molecule has 0 spiro atoms. The number of rotatable bonds is 4. The van der Waals surface area contributed by atoms with Gasteiger partial charge < -0.3 is 5.11 Å². The highest BCUT2D eigenvalue weighted by Crippen LogP contribution is 2.25. The van der Waals surface area contributed by atoms with Gasteiger partial charge in [-0.25, -0.2) is 0 Å². The highest BCUT2D eigenvalue weighted by atomic mass is 16.3. The van der Waals surface area contributed by atoms with E-state index in [1.54, 1.807) is 11.6 Å². The van der Waals surface area contributed by atoms with E-state index in [9.17, 15) is 5.11 Å². The fraction of sp³-hybridized carbons (Fsp3) is 0.316. The first kappa shape index (κ1) is 13.9. The van der Waals surface area contributed by atoms with E-state index in [2.05, 4.69) is 17.1 Å². The standard InChI is InChI=1S/C19H21NO/c21-19-11-10-16-8-4-5-9-17(16)18(19)14-20-13-12-15-6-2-1-3-7-15/h4-6,8-11,14,21H,1-3,7,12-13H2. The van der Waals surface area contributed by atoms with Crippen molar-refractivity contribution in [1.82, 2.24) is 0 Å². The van der Waals surface area contributed by atoms with E-state index in [1.165, 1.54) is 25.7 Å². The summed E-state index contributed by atoms with van der Waals surface area (Å²) in [6.45, 7) is 0.800. The molecule has 0 fully saturated rings. The van der Waals surface area contributed by atoms with Gasteiger partial charge in [0.15, 0.2) is 0 Å². The summed E-state index contributed by atoms with van der Waals surface area (Å²) in [5.41, 5.74) is 2.37. The average molecular weight is 279 g/mol. The Kier molecular flexibility index (Phi) is 4.34. The van der Waals surface area contributed by atoms with Crippen LogP contribution >= 0.6 is 0 Å². The molecule has 2 nitrogen and oxygen atoms in total. The first-order chi connectivity index (χ1) is 10.3. The van der Waals surface area contributed by atoms with Crippen LogP contribution < -0.4 is 0 Å². The Morgan fingerprint density at radius 2 is 2.00 bits per heavy atom. The van der Waals surface area contributed by atoms with Gasteiger partial charge in [0.2, 0.25) is 0 Å². The minimum Gasteiger partial charge on any atom is -0.507 e. The summed E-state index contributed by atoms with van der Waals surface area (Å²) in [5.74, 6) is 0.300. The third-order valence-corrected chi connectivity index (χ3v) is 4.12. The zero-order valence-corrected chi connectivity index (χ0v) is 12.3. The molecule has 1 N–H and O–H groups in total. The summed E-state index contributed by atoms with van der Waals surface area (Å²) in [7, 11) is 0. The largest absolute Gasteiger partial charge is 0.507 e. The fourth-order valence-electron chi connectivity index (χ4n) is 2.92. The molecule has 0 atom stereocenters. The van der Waals surface area contributed by atoms with Gasteiger partial charge in [0.1, 0.15) is 5.75 Å². The van der Waals surface area contributed by atoms with Crippen molar-refractivity contribution < 1.29 is 5.11 Å². The van der Waals surface area contributed by atoms with E-state index in [1.807, 2.05) is 30.5 Å². The lowest BCUT2D eigenvalue weighted by molar-refractivity contribution is 0.475. The molecule has 0 unspecified atom stereocenters. The van der Waals surface area contributed by atoms with Crippen molar-refractivity contribution in [3.8, 4) is 5.75 Å². The predicted octanol–water partition coefficient (Wildman–Crippen LogP) is 4.85. The normalized spacial score (nSPS) is 15.5. The molecule has 0 aliphatic heterocycles. The molecule has 0 saturated heterocycles. The Hall–Kier alpha value is -2.09. The minimum absolute atomic E-state index is 0.300. The molecule has 0 saturated carbocycles. The molecule has 2 aromatic rings. The highest BCUT2D eigenvalue weighted by Gasteiger charge is 2.05. The summed E-state index contributed by atoms with van der Waals surface area (Å²) in [5, 5.41) is 12.2. The zero-order chi connectivity index (χ0) is 14.5. The molecule has 21 heavy (non-hydrogen) atoms. The van der Waals surface area contributed by atoms with Crippen LogP contribution in [0.15, 0.2) is 53.0 Å². The van der Waals surface area contributed by atoms with Gasteiger partial charge in [-0.05, 0) is 48.9 Å². The van der Waals surface area contributed by atoms with Crippen LogP contribution in [0.4, 0.5) is 0 Å². The van der Waals surface area contributed by atoms with Crippen LogP contribution in [-0.2, 0) is 0 Å². The SMILES string of the molecule is Oc1ccc2ccccc2c1C=NCCC1=CCCCC1. The number of nitrogens with zero attached hydrogens (tertiary/aromatic N) is 1. The maximum absolute atomic E-state index is 10.1. The smallest absolute Gasteiger partial charge is 0.124 e. The number of allylic oxidation sites excluding steroid dienone is 1. The Bertz CT molecular complexity index is 685. The average Bonchev–Trinajstić information content (AvgIpc) is 2.54. The first-order valence-electron chi connectivity index (χ1n) is 7.73. The Morgan fingerprint density at radius 1 is 1.10 bits per heavy atom. The van der Waals surface area contributed by atoms with Crippen molar-refractivity contribution in [1.29, 1.82) is 0 Å². The van der Waals surface area contributed by atoms with Crippen LogP contribution in [0, 0.1) is 0 Å². The van der Waals surface area contributed by atoms with Crippen molar-refractivity contribution in [3.63, 3.8) is 0 Å². The Morgan fingerprint density at radius 3 is 2.86 bits per heavy atom. The third kappa shape index (κ3) is 3.33. The molecular weight excluding hydrogens is 258 g/mol. The number of aliphatic imine (C=N–C) groups is 1. The summed E-state index contributed by atoms with van der Waals surface area (Å²) >= 11 is 0. The molecule has 0 heterocycles. The molecule has 1 aliphatic carbocycles. The predicted molar refractivity (Wildman–Crippen MR) is 89.2 cm³/mol. The third-order valence-electron chi connectivity index (χ3n) is 4.12. The maximum atomic E-state index is 10.1. The van der Waals surface area contributed by atoms with E-state index in [4.69, 9.17) is 0 Å². The van der Waals surface area contributed by atoms with Crippen LogP contribution in [0.1, 0.15) is 37.7 Å². The van der Waals surface area contributed by atoms with Gasteiger partial charge in [-0.3, -0.25) is 4.99 Å².